The maximum atomic E-state index is 11.9. The van der Waals surface area contributed by atoms with Gasteiger partial charge >= 0.3 is 0 Å². The van der Waals surface area contributed by atoms with Gasteiger partial charge in [-0.05, 0) is 30.2 Å². The standard InChI is InChI=1S/C14H21NO2S/c1-11(2)14(17)9-15(10-14)13(16)7-3-5-12-6-4-8-18-12/h4,6,8,11,17H,3,5,7,9-10H2,1-2H3. The van der Waals surface area contributed by atoms with Gasteiger partial charge in [0.2, 0.25) is 5.91 Å². The number of rotatable bonds is 5. The number of aliphatic hydroxyl groups is 1. The third-order valence-corrected chi connectivity index (χ3v) is 4.69. The summed E-state index contributed by atoms with van der Waals surface area (Å²) in [5.74, 6) is 0.393. The molecule has 2 rings (SSSR count). The third kappa shape index (κ3) is 2.93. The van der Waals surface area contributed by atoms with Crippen LogP contribution in [0.25, 0.3) is 0 Å². The second kappa shape index (κ2) is 5.41. The first kappa shape index (κ1) is 13.6. The SMILES string of the molecule is CC(C)C1(O)CN(C(=O)CCCc2cccs2)C1. The number of hydrogen-bond acceptors (Lipinski definition) is 3. The molecule has 4 heteroatoms. The number of nitrogens with zero attached hydrogens (tertiary/aromatic N) is 1. The van der Waals surface area contributed by atoms with E-state index in [9.17, 15) is 9.90 Å². The molecule has 0 bridgehead atoms. The Morgan fingerprint density at radius 2 is 2.28 bits per heavy atom. The summed E-state index contributed by atoms with van der Waals surface area (Å²) in [6.07, 6.45) is 2.47. The van der Waals surface area contributed by atoms with Gasteiger partial charge in [-0.25, -0.2) is 0 Å². The molecule has 1 aliphatic rings. The highest BCUT2D eigenvalue weighted by Gasteiger charge is 2.45. The van der Waals surface area contributed by atoms with Gasteiger partial charge in [-0.3, -0.25) is 4.79 Å². The number of likely N-dealkylation sites (tertiary alicyclic amines) is 1. The predicted octanol–water partition coefficient (Wildman–Crippen LogP) is 2.30. The highest BCUT2D eigenvalue weighted by molar-refractivity contribution is 7.09. The van der Waals surface area contributed by atoms with Gasteiger partial charge in [-0.1, -0.05) is 19.9 Å². The number of β-amino-alcohol motifs (C(OH)–C–C–N with tert-alkyl or cyclic N) is 1. The van der Waals surface area contributed by atoms with Crippen molar-refractivity contribution in [2.45, 2.75) is 38.7 Å². The lowest BCUT2D eigenvalue weighted by atomic mass is 9.83. The second-order valence-corrected chi connectivity index (χ2v) is 6.47. The molecule has 1 fully saturated rings. The van der Waals surface area contributed by atoms with Crippen molar-refractivity contribution in [1.82, 2.24) is 4.90 Å². The maximum absolute atomic E-state index is 11.9. The van der Waals surface area contributed by atoms with Crippen molar-refractivity contribution < 1.29 is 9.90 Å². The molecule has 2 heterocycles. The predicted molar refractivity (Wildman–Crippen MR) is 73.6 cm³/mol. The Labute approximate surface area is 112 Å². The molecular weight excluding hydrogens is 246 g/mol. The van der Waals surface area contributed by atoms with Gasteiger partial charge in [0.1, 0.15) is 5.60 Å². The van der Waals surface area contributed by atoms with Crippen LogP contribution in [0.5, 0.6) is 0 Å². The Morgan fingerprint density at radius 1 is 1.56 bits per heavy atom. The summed E-state index contributed by atoms with van der Waals surface area (Å²) < 4.78 is 0. The van der Waals surface area contributed by atoms with Crippen LogP contribution in [0.4, 0.5) is 0 Å². The van der Waals surface area contributed by atoms with Crippen LogP contribution in [0.15, 0.2) is 17.5 Å². The number of thiophene rings is 1. The lowest BCUT2D eigenvalue weighted by Gasteiger charge is -2.49. The molecule has 0 unspecified atom stereocenters. The van der Waals surface area contributed by atoms with Crippen LogP contribution in [-0.4, -0.2) is 34.6 Å². The Kier molecular flexibility index (Phi) is 4.07. The smallest absolute Gasteiger partial charge is 0.222 e. The highest BCUT2D eigenvalue weighted by atomic mass is 32.1. The highest BCUT2D eigenvalue weighted by Crippen LogP contribution is 2.29. The summed E-state index contributed by atoms with van der Waals surface area (Å²) in [4.78, 5) is 15.0. The zero-order chi connectivity index (χ0) is 13.2. The Bertz CT molecular complexity index is 394. The van der Waals surface area contributed by atoms with Gasteiger partial charge < -0.3 is 10.0 Å². The van der Waals surface area contributed by atoms with Gasteiger partial charge in [0.15, 0.2) is 0 Å². The fourth-order valence-corrected chi connectivity index (χ4v) is 2.93. The van der Waals surface area contributed by atoms with E-state index in [4.69, 9.17) is 0 Å². The molecular formula is C14H21NO2S. The molecule has 0 saturated carbocycles. The van der Waals surface area contributed by atoms with E-state index in [0.717, 1.165) is 12.8 Å². The van der Waals surface area contributed by atoms with E-state index in [1.165, 1.54) is 4.88 Å². The second-order valence-electron chi connectivity index (χ2n) is 5.44. The van der Waals surface area contributed by atoms with Crippen LogP contribution in [0.2, 0.25) is 0 Å². The van der Waals surface area contributed by atoms with Crippen LogP contribution >= 0.6 is 11.3 Å². The Hall–Kier alpha value is -0.870. The third-order valence-electron chi connectivity index (χ3n) is 3.75. The van der Waals surface area contributed by atoms with Crippen molar-refractivity contribution in [2.24, 2.45) is 5.92 Å². The van der Waals surface area contributed by atoms with Gasteiger partial charge in [0.25, 0.3) is 0 Å². The monoisotopic (exact) mass is 267 g/mol. The molecule has 1 N–H and O–H groups in total. The van der Waals surface area contributed by atoms with Crippen molar-refractivity contribution in [3.05, 3.63) is 22.4 Å². The van der Waals surface area contributed by atoms with Crippen molar-refractivity contribution >= 4 is 17.2 Å². The van der Waals surface area contributed by atoms with E-state index in [0.29, 0.717) is 19.5 Å². The first-order chi connectivity index (χ1) is 8.51. The average molecular weight is 267 g/mol. The maximum Gasteiger partial charge on any atom is 0.222 e. The lowest BCUT2D eigenvalue weighted by Crippen LogP contribution is -2.65. The molecule has 1 aromatic rings. The van der Waals surface area contributed by atoms with Crippen molar-refractivity contribution in [3.8, 4) is 0 Å². The van der Waals surface area contributed by atoms with E-state index < -0.39 is 5.60 Å². The van der Waals surface area contributed by atoms with Crippen LogP contribution in [0, 0.1) is 5.92 Å². The molecule has 1 saturated heterocycles. The van der Waals surface area contributed by atoms with E-state index >= 15 is 0 Å². The topological polar surface area (TPSA) is 40.5 Å². The summed E-state index contributed by atoms with van der Waals surface area (Å²) in [5, 5.41) is 12.2. The van der Waals surface area contributed by atoms with E-state index in [1.807, 2.05) is 19.9 Å². The van der Waals surface area contributed by atoms with Gasteiger partial charge in [-0.15, -0.1) is 11.3 Å². The summed E-state index contributed by atoms with van der Waals surface area (Å²) in [6, 6.07) is 4.15. The minimum atomic E-state index is -0.649. The van der Waals surface area contributed by atoms with Crippen LogP contribution in [0.1, 0.15) is 31.6 Å². The molecule has 0 radical (unpaired) electrons. The molecule has 0 atom stereocenters. The number of hydrogen-bond donors (Lipinski definition) is 1. The normalized spacial score (nSPS) is 17.9. The Balaban J connectivity index is 1.68. The summed E-state index contributed by atoms with van der Waals surface area (Å²) >= 11 is 1.74. The van der Waals surface area contributed by atoms with Crippen LogP contribution in [-0.2, 0) is 11.2 Å². The fraction of sp³-hybridized carbons (Fsp3) is 0.643. The zero-order valence-electron chi connectivity index (χ0n) is 11.1. The largest absolute Gasteiger partial charge is 0.386 e. The number of carbonyl (C=O) groups is 1. The molecule has 18 heavy (non-hydrogen) atoms. The molecule has 1 aromatic heterocycles. The van der Waals surface area contributed by atoms with E-state index in [2.05, 4.69) is 11.4 Å². The van der Waals surface area contributed by atoms with Crippen LogP contribution in [0.3, 0.4) is 0 Å². The van der Waals surface area contributed by atoms with E-state index in [1.54, 1.807) is 16.2 Å². The Morgan fingerprint density at radius 3 is 2.83 bits per heavy atom. The molecule has 1 amide bonds. The molecule has 100 valence electrons. The van der Waals surface area contributed by atoms with Crippen molar-refractivity contribution in [1.29, 1.82) is 0 Å². The molecule has 1 aliphatic heterocycles. The first-order valence-electron chi connectivity index (χ1n) is 6.54. The fourth-order valence-electron chi connectivity index (χ4n) is 2.18. The first-order valence-corrected chi connectivity index (χ1v) is 7.42. The number of amides is 1. The van der Waals surface area contributed by atoms with Gasteiger partial charge in [-0.2, -0.15) is 0 Å². The lowest BCUT2D eigenvalue weighted by molar-refractivity contribution is -0.163. The number of aryl methyl sites for hydroxylation is 1. The van der Waals surface area contributed by atoms with Gasteiger partial charge in [0.05, 0.1) is 13.1 Å². The molecule has 0 aliphatic carbocycles. The quantitative estimate of drug-likeness (QED) is 0.889. The molecule has 3 nitrogen and oxygen atoms in total. The number of carbonyl (C=O) groups excluding carboxylic acids is 1. The summed E-state index contributed by atoms with van der Waals surface area (Å²) in [6.45, 7) is 5.00. The molecule has 0 aromatic carbocycles. The average Bonchev–Trinajstić information content (AvgIpc) is 2.77. The van der Waals surface area contributed by atoms with Crippen molar-refractivity contribution in [3.63, 3.8) is 0 Å². The minimum absolute atomic E-state index is 0.178. The van der Waals surface area contributed by atoms with Gasteiger partial charge in [0, 0.05) is 11.3 Å². The summed E-state index contributed by atoms with van der Waals surface area (Å²) in [7, 11) is 0. The van der Waals surface area contributed by atoms with Crippen LogP contribution < -0.4 is 0 Å². The van der Waals surface area contributed by atoms with Crippen molar-refractivity contribution in [2.75, 3.05) is 13.1 Å². The summed E-state index contributed by atoms with van der Waals surface area (Å²) in [5.41, 5.74) is -0.649. The minimum Gasteiger partial charge on any atom is -0.386 e. The zero-order valence-corrected chi connectivity index (χ0v) is 11.9. The van der Waals surface area contributed by atoms with E-state index in [-0.39, 0.29) is 11.8 Å². The molecule has 0 spiro atoms.